The van der Waals surface area contributed by atoms with Crippen LogP contribution in [-0.4, -0.2) is 22.2 Å². The average molecular weight is 302 g/mol. The van der Waals surface area contributed by atoms with Crippen LogP contribution in [0.2, 0.25) is 0 Å². The number of rotatable bonds is 5. The predicted molar refractivity (Wildman–Crippen MR) is 71.9 cm³/mol. The van der Waals surface area contributed by atoms with Gasteiger partial charge in [-0.2, -0.15) is 5.10 Å². The van der Waals surface area contributed by atoms with Gasteiger partial charge in [0.05, 0.1) is 22.6 Å². The van der Waals surface area contributed by atoms with Gasteiger partial charge in [-0.1, -0.05) is 13.8 Å². The van der Waals surface area contributed by atoms with E-state index >= 15 is 0 Å². The Bertz CT molecular complexity index is 401. The topological polar surface area (TPSA) is 46.9 Å². The minimum Gasteiger partial charge on any atom is -0.356 e. The van der Waals surface area contributed by atoms with E-state index in [2.05, 4.69) is 26.3 Å². The molecule has 96 valence electrons. The van der Waals surface area contributed by atoms with Crippen molar-refractivity contribution in [3.05, 3.63) is 15.9 Å². The van der Waals surface area contributed by atoms with E-state index in [0.717, 1.165) is 28.8 Å². The second kappa shape index (κ2) is 6.19. The largest absolute Gasteiger partial charge is 0.356 e. The molecule has 4 nitrogen and oxygen atoms in total. The summed E-state index contributed by atoms with van der Waals surface area (Å²) in [7, 11) is 0. The summed E-state index contributed by atoms with van der Waals surface area (Å²) in [4.78, 5) is 11.7. The van der Waals surface area contributed by atoms with Crippen LogP contribution in [-0.2, 0) is 11.3 Å². The summed E-state index contributed by atoms with van der Waals surface area (Å²) in [6.07, 6.45) is 0.962. The number of aromatic nitrogens is 2. The lowest BCUT2D eigenvalue weighted by Crippen LogP contribution is -2.32. The van der Waals surface area contributed by atoms with Gasteiger partial charge in [-0.3, -0.25) is 9.48 Å². The zero-order valence-electron chi connectivity index (χ0n) is 10.9. The lowest BCUT2D eigenvalue weighted by molar-refractivity contribution is -0.124. The van der Waals surface area contributed by atoms with Crippen molar-refractivity contribution in [2.45, 2.75) is 40.7 Å². The molecule has 1 unspecified atom stereocenters. The van der Waals surface area contributed by atoms with Crippen LogP contribution in [0.1, 0.15) is 31.7 Å². The van der Waals surface area contributed by atoms with E-state index in [1.807, 2.05) is 32.4 Å². The number of halogens is 1. The Morgan fingerprint density at radius 3 is 2.65 bits per heavy atom. The molecule has 0 saturated carbocycles. The molecule has 0 radical (unpaired) electrons. The third-order valence-corrected chi connectivity index (χ3v) is 3.88. The van der Waals surface area contributed by atoms with Crippen LogP contribution in [0.3, 0.4) is 0 Å². The molecular formula is C12H20BrN3O. The first-order valence-corrected chi connectivity index (χ1v) is 6.73. The van der Waals surface area contributed by atoms with Gasteiger partial charge >= 0.3 is 0 Å². The van der Waals surface area contributed by atoms with Gasteiger partial charge in [0.15, 0.2) is 0 Å². The highest BCUT2D eigenvalue weighted by Gasteiger charge is 2.16. The fourth-order valence-electron chi connectivity index (χ4n) is 1.62. The number of carbonyl (C=O) groups excluding carboxylic acids is 1. The molecule has 1 N–H and O–H groups in total. The zero-order valence-corrected chi connectivity index (χ0v) is 12.5. The van der Waals surface area contributed by atoms with Crippen molar-refractivity contribution in [1.82, 2.24) is 15.1 Å². The maximum atomic E-state index is 11.7. The highest BCUT2D eigenvalue weighted by molar-refractivity contribution is 9.10. The Morgan fingerprint density at radius 2 is 2.18 bits per heavy atom. The van der Waals surface area contributed by atoms with Crippen molar-refractivity contribution in [3.8, 4) is 0 Å². The van der Waals surface area contributed by atoms with Crippen LogP contribution >= 0.6 is 15.9 Å². The second-order valence-electron chi connectivity index (χ2n) is 4.36. The lowest BCUT2D eigenvalue weighted by atomic mass is 10.1. The molecule has 1 rings (SSSR count). The smallest absolute Gasteiger partial charge is 0.224 e. The van der Waals surface area contributed by atoms with Crippen LogP contribution in [0.4, 0.5) is 0 Å². The van der Waals surface area contributed by atoms with Gasteiger partial charge in [-0.15, -0.1) is 0 Å². The minimum absolute atomic E-state index is 0.0635. The zero-order chi connectivity index (χ0) is 13.0. The van der Waals surface area contributed by atoms with E-state index in [1.165, 1.54) is 0 Å². The summed E-state index contributed by atoms with van der Waals surface area (Å²) in [6.45, 7) is 9.28. The number of hydrogen-bond donors (Lipinski definition) is 1. The number of nitrogens with zero attached hydrogens (tertiary/aromatic N) is 2. The molecule has 0 aliphatic heterocycles. The molecule has 0 spiro atoms. The Morgan fingerprint density at radius 1 is 1.53 bits per heavy atom. The summed E-state index contributed by atoms with van der Waals surface area (Å²) in [6, 6.07) is 0. The van der Waals surface area contributed by atoms with Crippen LogP contribution in [0.5, 0.6) is 0 Å². The van der Waals surface area contributed by atoms with Crippen LogP contribution in [0.25, 0.3) is 0 Å². The third kappa shape index (κ3) is 3.56. The van der Waals surface area contributed by atoms with Crippen molar-refractivity contribution in [2.24, 2.45) is 5.92 Å². The number of aryl methyl sites for hydroxylation is 1. The number of amides is 1. The first-order chi connectivity index (χ1) is 7.97. The summed E-state index contributed by atoms with van der Waals surface area (Å²) >= 11 is 3.48. The SMILES string of the molecule is CCCNC(=O)C(C)Cn1nc(C)c(Br)c1C. The molecule has 1 aromatic heterocycles. The average Bonchev–Trinajstić information content (AvgIpc) is 2.54. The molecule has 0 aliphatic carbocycles. The van der Waals surface area contributed by atoms with E-state index in [9.17, 15) is 4.79 Å². The van der Waals surface area contributed by atoms with Crippen LogP contribution < -0.4 is 5.32 Å². The molecule has 1 amide bonds. The molecule has 0 aliphatic rings. The highest BCUT2D eigenvalue weighted by Crippen LogP contribution is 2.20. The summed E-state index contributed by atoms with van der Waals surface area (Å²) in [5, 5.41) is 7.30. The van der Waals surface area contributed by atoms with Gasteiger partial charge < -0.3 is 5.32 Å². The molecule has 0 fully saturated rings. The first kappa shape index (κ1) is 14.2. The van der Waals surface area contributed by atoms with Crippen molar-refractivity contribution in [2.75, 3.05) is 6.54 Å². The Balaban J connectivity index is 2.64. The minimum atomic E-state index is -0.0635. The van der Waals surface area contributed by atoms with Crippen molar-refractivity contribution < 1.29 is 4.79 Å². The molecule has 0 bridgehead atoms. The van der Waals surface area contributed by atoms with Gasteiger partial charge in [-0.05, 0) is 36.2 Å². The third-order valence-electron chi connectivity index (χ3n) is 2.74. The number of carbonyl (C=O) groups is 1. The molecule has 1 aromatic rings. The van der Waals surface area contributed by atoms with Crippen molar-refractivity contribution in [1.29, 1.82) is 0 Å². The van der Waals surface area contributed by atoms with Gasteiger partial charge in [0.1, 0.15) is 0 Å². The molecule has 1 atom stereocenters. The summed E-state index contributed by atoms with van der Waals surface area (Å²) in [5.74, 6) is 0.0296. The van der Waals surface area contributed by atoms with Gasteiger partial charge in [0.25, 0.3) is 0 Å². The van der Waals surface area contributed by atoms with E-state index in [-0.39, 0.29) is 11.8 Å². The van der Waals surface area contributed by atoms with Crippen LogP contribution in [0.15, 0.2) is 4.47 Å². The molecule has 17 heavy (non-hydrogen) atoms. The lowest BCUT2D eigenvalue weighted by Gasteiger charge is -2.12. The second-order valence-corrected chi connectivity index (χ2v) is 5.15. The Kier molecular flexibility index (Phi) is 5.18. The van der Waals surface area contributed by atoms with Crippen LogP contribution in [0, 0.1) is 19.8 Å². The number of nitrogens with one attached hydrogen (secondary N) is 1. The molecule has 0 aromatic carbocycles. The van der Waals surface area contributed by atoms with Crippen molar-refractivity contribution >= 4 is 21.8 Å². The van der Waals surface area contributed by atoms with E-state index in [1.54, 1.807) is 0 Å². The first-order valence-electron chi connectivity index (χ1n) is 5.94. The fourth-order valence-corrected chi connectivity index (χ4v) is 1.90. The summed E-state index contributed by atoms with van der Waals surface area (Å²) in [5.41, 5.74) is 2.03. The van der Waals surface area contributed by atoms with E-state index < -0.39 is 0 Å². The Hall–Kier alpha value is -0.840. The van der Waals surface area contributed by atoms with E-state index in [0.29, 0.717) is 6.54 Å². The molecule has 0 saturated heterocycles. The maximum Gasteiger partial charge on any atom is 0.224 e. The van der Waals surface area contributed by atoms with Crippen molar-refractivity contribution in [3.63, 3.8) is 0 Å². The van der Waals surface area contributed by atoms with E-state index in [4.69, 9.17) is 0 Å². The van der Waals surface area contributed by atoms with Gasteiger partial charge in [-0.25, -0.2) is 0 Å². The highest BCUT2D eigenvalue weighted by atomic mass is 79.9. The molecular weight excluding hydrogens is 282 g/mol. The monoisotopic (exact) mass is 301 g/mol. The standard InChI is InChI=1S/C12H20BrN3O/c1-5-6-14-12(17)8(2)7-16-10(4)11(13)9(3)15-16/h8H,5-7H2,1-4H3,(H,14,17). The Labute approximate surface area is 111 Å². The van der Waals surface area contributed by atoms with Gasteiger partial charge in [0, 0.05) is 12.2 Å². The maximum absolute atomic E-state index is 11.7. The molecule has 1 heterocycles. The predicted octanol–water partition coefficient (Wildman–Crippen LogP) is 2.42. The summed E-state index contributed by atoms with van der Waals surface area (Å²) < 4.78 is 2.91. The fraction of sp³-hybridized carbons (Fsp3) is 0.667. The van der Waals surface area contributed by atoms with Gasteiger partial charge in [0.2, 0.25) is 5.91 Å². The molecule has 5 heteroatoms. The normalized spacial score (nSPS) is 12.5. The quantitative estimate of drug-likeness (QED) is 0.908. The number of hydrogen-bond acceptors (Lipinski definition) is 2.